The van der Waals surface area contributed by atoms with Crippen molar-refractivity contribution in [2.45, 2.75) is 94.7 Å². The number of nitrogens with zero attached hydrogens (tertiary/aromatic N) is 2. The summed E-state index contributed by atoms with van der Waals surface area (Å²) in [5.74, 6) is -1.71. The molecule has 3 unspecified atom stereocenters. The molecule has 13 nitrogen and oxygen atoms in total. The summed E-state index contributed by atoms with van der Waals surface area (Å²) in [6, 6.07) is 14.7. The van der Waals surface area contributed by atoms with E-state index in [-0.39, 0.29) is 31.7 Å². The lowest BCUT2D eigenvalue weighted by atomic mass is 9.85. The predicted molar refractivity (Wildman–Crippen MR) is 213 cm³/mol. The SMILES string of the molecule is C=CCCCC(=O)NC(C(=O)N1C[C@H](Oc2cc(-c3ccccc3)nc3cc(OC)ccc23)C[C@H]1C(=O)NC1(C(=O)NS(=O)(=O)C2CC2)CC1C=C)C(C)(C)C. The zero-order valence-corrected chi connectivity index (χ0v) is 33.2. The van der Waals surface area contributed by atoms with E-state index < -0.39 is 68.1 Å². The Kier molecular flexibility index (Phi) is 11.6. The number of carbonyl (C=O) groups excluding carboxylic acids is 4. The highest BCUT2D eigenvalue weighted by atomic mass is 32.2. The van der Waals surface area contributed by atoms with Gasteiger partial charge < -0.3 is 25.0 Å². The van der Waals surface area contributed by atoms with Gasteiger partial charge in [0.25, 0.3) is 5.91 Å². The summed E-state index contributed by atoms with van der Waals surface area (Å²) in [7, 11) is -2.33. The number of aromatic nitrogens is 1. The van der Waals surface area contributed by atoms with Gasteiger partial charge in [-0.1, -0.05) is 63.3 Å². The molecule has 4 amide bonds. The van der Waals surface area contributed by atoms with Crippen molar-refractivity contribution >= 4 is 44.6 Å². The van der Waals surface area contributed by atoms with Crippen LogP contribution in [0.1, 0.15) is 65.7 Å². The molecule has 6 rings (SSSR count). The van der Waals surface area contributed by atoms with Crippen molar-refractivity contribution in [2.75, 3.05) is 13.7 Å². The molecule has 14 heteroatoms. The molecule has 3 fully saturated rings. The molecule has 1 saturated heterocycles. The molecular formula is C42H51N5O8S. The van der Waals surface area contributed by atoms with Crippen LogP contribution in [0.15, 0.2) is 79.9 Å². The van der Waals surface area contributed by atoms with Crippen LogP contribution in [0.3, 0.4) is 0 Å². The molecule has 5 atom stereocenters. The van der Waals surface area contributed by atoms with Gasteiger partial charge in [-0.2, -0.15) is 0 Å². The van der Waals surface area contributed by atoms with Gasteiger partial charge in [0, 0.05) is 41.8 Å². The van der Waals surface area contributed by atoms with Crippen LogP contribution in [0.4, 0.5) is 0 Å². The van der Waals surface area contributed by atoms with Crippen molar-refractivity contribution in [2.24, 2.45) is 11.3 Å². The highest BCUT2D eigenvalue weighted by Crippen LogP contribution is 2.46. The third-order valence-electron chi connectivity index (χ3n) is 10.7. The molecule has 0 spiro atoms. The van der Waals surface area contributed by atoms with Crippen LogP contribution < -0.4 is 24.8 Å². The molecule has 3 N–H and O–H groups in total. The fourth-order valence-electron chi connectivity index (χ4n) is 7.19. The quantitative estimate of drug-likeness (QED) is 0.136. The van der Waals surface area contributed by atoms with E-state index in [1.807, 2.05) is 63.2 Å². The number of nitrogens with one attached hydrogen (secondary N) is 3. The van der Waals surface area contributed by atoms with E-state index in [1.54, 1.807) is 25.3 Å². The highest BCUT2D eigenvalue weighted by Gasteiger charge is 2.62. The largest absolute Gasteiger partial charge is 0.497 e. The summed E-state index contributed by atoms with van der Waals surface area (Å²) in [5, 5.41) is 5.79. The van der Waals surface area contributed by atoms with E-state index in [2.05, 4.69) is 28.5 Å². The summed E-state index contributed by atoms with van der Waals surface area (Å²) >= 11 is 0. The number of fused-ring (bicyclic) bond motifs is 1. The first-order valence-electron chi connectivity index (χ1n) is 19.0. The molecule has 298 valence electrons. The normalized spacial score (nSPS) is 22.4. The molecule has 2 aliphatic carbocycles. The van der Waals surface area contributed by atoms with Crippen molar-refractivity contribution in [1.29, 1.82) is 0 Å². The van der Waals surface area contributed by atoms with Gasteiger partial charge in [0.1, 0.15) is 35.2 Å². The Balaban J connectivity index is 1.33. The second-order valence-corrected chi connectivity index (χ2v) is 17.9. The lowest BCUT2D eigenvalue weighted by molar-refractivity contribution is -0.144. The van der Waals surface area contributed by atoms with Crippen LogP contribution in [-0.2, 0) is 29.2 Å². The number of likely N-dealkylation sites (tertiary alicyclic amines) is 1. The average molecular weight is 786 g/mol. The number of carbonyl (C=O) groups is 4. The van der Waals surface area contributed by atoms with Crippen molar-refractivity contribution in [3.63, 3.8) is 0 Å². The summed E-state index contributed by atoms with van der Waals surface area (Å²) in [5.41, 5.74) is -0.188. The smallest absolute Gasteiger partial charge is 0.259 e. The van der Waals surface area contributed by atoms with Crippen LogP contribution in [0.5, 0.6) is 11.5 Å². The first kappa shape index (κ1) is 40.4. The van der Waals surface area contributed by atoms with E-state index >= 15 is 0 Å². The second kappa shape index (κ2) is 16.1. The number of sulfonamides is 1. The molecule has 0 bridgehead atoms. The van der Waals surface area contributed by atoms with Crippen LogP contribution in [0.25, 0.3) is 22.2 Å². The molecule has 2 saturated carbocycles. The van der Waals surface area contributed by atoms with Gasteiger partial charge in [0.2, 0.25) is 27.7 Å². The number of hydrogen-bond acceptors (Lipinski definition) is 9. The summed E-state index contributed by atoms with van der Waals surface area (Å²) < 4.78 is 39.9. The van der Waals surface area contributed by atoms with Crippen molar-refractivity contribution < 1.29 is 37.1 Å². The Morgan fingerprint density at radius 3 is 2.43 bits per heavy atom. The summed E-state index contributed by atoms with van der Waals surface area (Å²) in [4.78, 5) is 62.1. The lowest BCUT2D eigenvalue weighted by Gasteiger charge is -2.35. The van der Waals surface area contributed by atoms with Crippen LogP contribution >= 0.6 is 0 Å². The maximum absolute atomic E-state index is 14.7. The minimum absolute atomic E-state index is 0.0172. The molecule has 56 heavy (non-hydrogen) atoms. The number of unbranched alkanes of at least 4 members (excludes halogenated alkanes) is 1. The molecule has 3 aromatic rings. The Hall–Kier alpha value is -5.24. The average Bonchev–Trinajstić information content (AvgIpc) is 4.10. The molecule has 0 radical (unpaired) electrons. The monoisotopic (exact) mass is 785 g/mol. The Labute approximate surface area is 328 Å². The predicted octanol–water partition coefficient (Wildman–Crippen LogP) is 4.82. The third kappa shape index (κ3) is 8.75. The number of allylic oxidation sites excluding steroid dienone is 1. The van der Waals surface area contributed by atoms with Crippen LogP contribution in [0, 0.1) is 11.3 Å². The van der Waals surface area contributed by atoms with Gasteiger partial charge in [0.05, 0.1) is 30.1 Å². The lowest BCUT2D eigenvalue weighted by Crippen LogP contribution is -2.60. The van der Waals surface area contributed by atoms with E-state index in [4.69, 9.17) is 14.5 Å². The number of hydrogen-bond donors (Lipinski definition) is 3. The molecule has 3 aliphatic rings. The molecular weight excluding hydrogens is 735 g/mol. The van der Waals surface area contributed by atoms with E-state index in [0.29, 0.717) is 53.8 Å². The fraction of sp³-hybridized carbons (Fsp3) is 0.452. The number of pyridine rings is 1. The summed E-state index contributed by atoms with van der Waals surface area (Å²) in [6.45, 7) is 13.0. The molecule has 1 aliphatic heterocycles. The maximum atomic E-state index is 14.7. The Morgan fingerprint density at radius 1 is 1.07 bits per heavy atom. The van der Waals surface area contributed by atoms with Gasteiger partial charge in [-0.25, -0.2) is 13.4 Å². The zero-order chi connectivity index (χ0) is 40.4. The zero-order valence-electron chi connectivity index (χ0n) is 32.4. The second-order valence-electron chi connectivity index (χ2n) is 16.0. The highest BCUT2D eigenvalue weighted by molar-refractivity contribution is 7.91. The standard InChI is InChI=1S/C42H51N5O8S/c1-7-9-11-16-36(48)44-37(41(3,4)5)39(50)47-25-29(22-34(47)38(49)45-42(24-27(42)8-2)40(51)46-56(52,53)30-18-19-30)55-35-23-32(26-14-12-10-13-15-26)43-33-21-28(54-6)17-20-31(33)35/h7-8,10,12-15,17,20-21,23,27,29-30,34,37H,1-2,9,11,16,18-19,22,24-25H2,3-6H3,(H,44,48)(H,45,49)(H,46,51)/t27?,29-,34+,37?,42?/m1/s1. The number of rotatable bonds is 16. The van der Waals surface area contributed by atoms with E-state index in [0.717, 1.165) is 5.56 Å². The van der Waals surface area contributed by atoms with E-state index in [9.17, 15) is 27.6 Å². The van der Waals surface area contributed by atoms with Crippen molar-refractivity contribution in [3.8, 4) is 22.8 Å². The minimum atomic E-state index is -3.91. The number of methoxy groups -OCH3 is 1. The van der Waals surface area contributed by atoms with Gasteiger partial charge in [-0.05, 0) is 49.7 Å². The van der Waals surface area contributed by atoms with Crippen LogP contribution in [-0.4, -0.2) is 84.6 Å². The number of benzene rings is 2. The molecule has 1 aromatic heterocycles. The summed E-state index contributed by atoms with van der Waals surface area (Å²) in [6.07, 6.45) is 5.03. The topological polar surface area (TPSA) is 173 Å². The van der Waals surface area contributed by atoms with Gasteiger partial charge in [-0.15, -0.1) is 13.2 Å². The minimum Gasteiger partial charge on any atom is -0.497 e. The van der Waals surface area contributed by atoms with Crippen molar-refractivity contribution in [3.05, 3.63) is 79.9 Å². The first-order chi connectivity index (χ1) is 26.6. The third-order valence-corrected chi connectivity index (χ3v) is 12.5. The maximum Gasteiger partial charge on any atom is 0.259 e. The van der Waals surface area contributed by atoms with E-state index in [1.165, 1.54) is 11.0 Å². The number of ether oxygens (including phenoxy) is 2. The fourth-order valence-corrected chi connectivity index (χ4v) is 8.55. The van der Waals surface area contributed by atoms with Crippen LogP contribution in [0.2, 0.25) is 0 Å². The molecule has 2 heterocycles. The molecule has 2 aromatic carbocycles. The Bertz CT molecular complexity index is 2130. The van der Waals surface area contributed by atoms with Gasteiger partial charge >= 0.3 is 0 Å². The first-order valence-corrected chi connectivity index (χ1v) is 20.6. The van der Waals surface area contributed by atoms with Gasteiger partial charge in [-0.3, -0.25) is 23.9 Å². The van der Waals surface area contributed by atoms with Gasteiger partial charge in [0.15, 0.2) is 0 Å². The number of amides is 4. The van der Waals surface area contributed by atoms with Crippen molar-refractivity contribution in [1.82, 2.24) is 25.2 Å². The Morgan fingerprint density at radius 2 is 1.80 bits per heavy atom.